The van der Waals surface area contributed by atoms with Crippen LogP contribution in [0.15, 0.2) is 36.4 Å². The average Bonchev–Trinajstić information content (AvgIpc) is 2.51. The van der Waals surface area contributed by atoms with Crippen LogP contribution in [0.4, 0.5) is 5.69 Å². The van der Waals surface area contributed by atoms with Gasteiger partial charge in [0.15, 0.2) is 0 Å². The molecule has 0 heterocycles. The fourth-order valence-corrected chi connectivity index (χ4v) is 2.69. The van der Waals surface area contributed by atoms with Crippen LogP contribution >= 0.6 is 0 Å². The molecule has 3 rings (SSSR count). The van der Waals surface area contributed by atoms with Gasteiger partial charge in [-0.1, -0.05) is 50.6 Å². The molecule has 4 heteroatoms. The zero-order chi connectivity index (χ0) is 17.6. The van der Waals surface area contributed by atoms with E-state index >= 15 is 0 Å². The van der Waals surface area contributed by atoms with Crippen molar-refractivity contribution in [3.63, 3.8) is 0 Å². The van der Waals surface area contributed by atoms with Gasteiger partial charge in [-0.2, -0.15) is 0 Å². The number of hydrogen-bond donors (Lipinski definition) is 1. The van der Waals surface area contributed by atoms with E-state index in [1.54, 1.807) is 24.3 Å². The number of aryl methyl sites for hydroxylation is 1. The highest BCUT2D eigenvalue weighted by Crippen LogP contribution is 2.35. The summed E-state index contributed by atoms with van der Waals surface area (Å²) in [6, 6.07) is 10.6. The molecule has 122 valence electrons. The lowest BCUT2D eigenvalue weighted by molar-refractivity contribution is -0.123. The number of rotatable bonds is 1. The molecule has 1 aliphatic rings. The lowest BCUT2D eigenvalue weighted by atomic mass is 9.83. The third-order valence-corrected chi connectivity index (χ3v) is 4.12. The molecule has 0 fully saturated rings. The number of anilines is 1. The molecule has 0 aliphatic heterocycles. The summed E-state index contributed by atoms with van der Waals surface area (Å²) in [7, 11) is 0. The number of carbonyl (C=O) groups is 3. The lowest BCUT2D eigenvalue weighted by Gasteiger charge is -2.21. The Morgan fingerprint density at radius 1 is 0.833 bits per heavy atom. The van der Waals surface area contributed by atoms with E-state index in [1.165, 1.54) is 0 Å². The van der Waals surface area contributed by atoms with Crippen molar-refractivity contribution in [2.45, 2.75) is 27.7 Å². The minimum Gasteiger partial charge on any atom is -0.326 e. The second-order valence-electron chi connectivity index (χ2n) is 7.17. The van der Waals surface area contributed by atoms with Crippen LogP contribution < -0.4 is 5.32 Å². The van der Waals surface area contributed by atoms with E-state index in [4.69, 9.17) is 0 Å². The first kappa shape index (κ1) is 16.1. The van der Waals surface area contributed by atoms with Crippen LogP contribution in [0, 0.1) is 12.3 Å². The Morgan fingerprint density at radius 3 is 2.12 bits per heavy atom. The van der Waals surface area contributed by atoms with E-state index in [2.05, 4.69) is 5.32 Å². The fraction of sp³-hybridized carbons (Fsp3) is 0.250. The zero-order valence-corrected chi connectivity index (χ0v) is 14.2. The fourth-order valence-electron chi connectivity index (χ4n) is 2.69. The molecular formula is C20H19NO3. The maximum atomic E-state index is 12.4. The summed E-state index contributed by atoms with van der Waals surface area (Å²) in [6.07, 6.45) is 0. The van der Waals surface area contributed by atoms with Crippen molar-refractivity contribution < 1.29 is 14.4 Å². The summed E-state index contributed by atoms with van der Waals surface area (Å²) in [5.41, 5.74) is 3.27. The van der Waals surface area contributed by atoms with Crippen LogP contribution in [-0.4, -0.2) is 17.5 Å². The molecule has 2 aromatic rings. The summed E-state index contributed by atoms with van der Waals surface area (Å²) in [6.45, 7) is 7.39. The van der Waals surface area contributed by atoms with Crippen molar-refractivity contribution in [3.8, 4) is 11.1 Å². The second kappa shape index (κ2) is 5.41. The van der Waals surface area contributed by atoms with Gasteiger partial charge in [-0.15, -0.1) is 0 Å². The van der Waals surface area contributed by atoms with Gasteiger partial charge in [-0.05, 0) is 30.2 Å². The summed E-state index contributed by atoms with van der Waals surface area (Å²) >= 11 is 0. The SMILES string of the molecule is Cc1ccc2c(c1)-c1ccc(NC(=O)C(C)(C)C)cc1C(=O)C2=O. The van der Waals surface area contributed by atoms with Crippen LogP contribution in [0.1, 0.15) is 47.1 Å². The van der Waals surface area contributed by atoms with E-state index in [9.17, 15) is 14.4 Å². The molecule has 0 spiro atoms. The van der Waals surface area contributed by atoms with Crippen LogP contribution in [0.3, 0.4) is 0 Å². The van der Waals surface area contributed by atoms with Crippen LogP contribution in [0.5, 0.6) is 0 Å². The minimum atomic E-state index is -0.542. The number of benzene rings is 2. The molecular weight excluding hydrogens is 302 g/mol. The zero-order valence-electron chi connectivity index (χ0n) is 14.2. The van der Waals surface area contributed by atoms with Gasteiger partial charge >= 0.3 is 0 Å². The van der Waals surface area contributed by atoms with Gasteiger partial charge in [0.05, 0.1) is 0 Å². The molecule has 0 atom stereocenters. The first-order valence-electron chi connectivity index (χ1n) is 7.84. The Morgan fingerprint density at radius 2 is 1.46 bits per heavy atom. The summed E-state index contributed by atoms with van der Waals surface area (Å²) < 4.78 is 0. The van der Waals surface area contributed by atoms with Crippen molar-refractivity contribution in [1.29, 1.82) is 0 Å². The molecule has 0 saturated carbocycles. The van der Waals surface area contributed by atoms with E-state index in [-0.39, 0.29) is 5.91 Å². The number of nitrogens with one attached hydrogen (secondary N) is 1. The molecule has 0 bridgehead atoms. The van der Waals surface area contributed by atoms with Gasteiger partial charge in [-0.25, -0.2) is 0 Å². The van der Waals surface area contributed by atoms with Crippen molar-refractivity contribution in [3.05, 3.63) is 53.1 Å². The standard InChI is InChI=1S/C20H19NO3/c1-11-5-7-14-15(9-11)13-8-6-12(21-19(24)20(2,3)4)10-16(13)18(23)17(14)22/h5-10H,1-4H3,(H,21,24). The van der Waals surface area contributed by atoms with E-state index in [0.717, 1.165) is 16.7 Å². The highest BCUT2D eigenvalue weighted by Gasteiger charge is 2.31. The molecule has 0 radical (unpaired) electrons. The number of fused-ring (bicyclic) bond motifs is 3. The smallest absolute Gasteiger partial charge is 0.234 e. The Kier molecular flexibility index (Phi) is 3.63. The number of hydrogen-bond acceptors (Lipinski definition) is 3. The van der Waals surface area contributed by atoms with Crippen LogP contribution in [-0.2, 0) is 4.79 Å². The molecule has 2 aromatic carbocycles. The van der Waals surface area contributed by atoms with Gasteiger partial charge in [0.2, 0.25) is 17.5 Å². The highest BCUT2D eigenvalue weighted by atomic mass is 16.2. The van der Waals surface area contributed by atoms with E-state index in [0.29, 0.717) is 16.8 Å². The van der Waals surface area contributed by atoms with Gasteiger partial charge in [0.1, 0.15) is 0 Å². The van der Waals surface area contributed by atoms with Crippen LogP contribution in [0.25, 0.3) is 11.1 Å². The number of Topliss-reactive ketones (excluding diaryl/α,β-unsaturated/α-hetero) is 2. The van der Waals surface area contributed by atoms with E-state index < -0.39 is 17.0 Å². The molecule has 0 unspecified atom stereocenters. The number of ketones is 2. The van der Waals surface area contributed by atoms with Gasteiger partial charge in [-0.3, -0.25) is 14.4 Å². The quantitative estimate of drug-likeness (QED) is 0.807. The molecule has 1 aliphatic carbocycles. The Labute approximate surface area is 140 Å². The predicted octanol–water partition coefficient (Wildman–Crippen LogP) is 4.03. The van der Waals surface area contributed by atoms with Crippen molar-refractivity contribution in [2.24, 2.45) is 5.41 Å². The van der Waals surface area contributed by atoms with Crippen molar-refractivity contribution >= 4 is 23.2 Å². The van der Waals surface area contributed by atoms with Gasteiger partial charge < -0.3 is 5.32 Å². The third kappa shape index (κ3) is 2.64. The summed E-state index contributed by atoms with van der Waals surface area (Å²) in [4.78, 5) is 36.9. The summed E-state index contributed by atoms with van der Waals surface area (Å²) in [5, 5.41) is 2.80. The Balaban J connectivity index is 2.09. The molecule has 0 aromatic heterocycles. The van der Waals surface area contributed by atoms with E-state index in [1.807, 2.05) is 39.8 Å². The first-order valence-corrected chi connectivity index (χ1v) is 7.84. The largest absolute Gasteiger partial charge is 0.326 e. The van der Waals surface area contributed by atoms with Crippen molar-refractivity contribution in [1.82, 2.24) is 0 Å². The lowest BCUT2D eigenvalue weighted by Crippen LogP contribution is -2.28. The van der Waals surface area contributed by atoms with Crippen LogP contribution in [0.2, 0.25) is 0 Å². The van der Waals surface area contributed by atoms with Gasteiger partial charge in [0, 0.05) is 22.2 Å². The minimum absolute atomic E-state index is 0.145. The first-order chi connectivity index (χ1) is 11.2. The second-order valence-corrected chi connectivity index (χ2v) is 7.17. The molecule has 4 nitrogen and oxygen atoms in total. The molecule has 24 heavy (non-hydrogen) atoms. The molecule has 1 N–H and O–H groups in total. The van der Waals surface area contributed by atoms with Crippen molar-refractivity contribution in [2.75, 3.05) is 5.32 Å². The molecule has 1 amide bonds. The predicted molar refractivity (Wildman–Crippen MR) is 93.4 cm³/mol. The average molecular weight is 321 g/mol. The normalized spacial score (nSPS) is 13.3. The summed E-state index contributed by atoms with van der Waals surface area (Å²) in [5.74, 6) is -1.18. The Bertz CT molecular complexity index is 888. The monoisotopic (exact) mass is 321 g/mol. The molecule has 0 saturated heterocycles. The number of carbonyl (C=O) groups excluding carboxylic acids is 3. The maximum Gasteiger partial charge on any atom is 0.234 e. The maximum absolute atomic E-state index is 12.4. The van der Waals surface area contributed by atoms with Gasteiger partial charge in [0.25, 0.3) is 0 Å². The third-order valence-electron chi connectivity index (χ3n) is 4.12. The Hall–Kier alpha value is -2.75. The topological polar surface area (TPSA) is 63.2 Å². The number of amides is 1. The highest BCUT2D eigenvalue weighted by molar-refractivity contribution is 6.53.